The van der Waals surface area contributed by atoms with Crippen LogP contribution < -0.4 is 9.47 Å². The van der Waals surface area contributed by atoms with Gasteiger partial charge in [-0.15, -0.1) is 0 Å². The monoisotopic (exact) mass is 351 g/mol. The van der Waals surface area contributed by atoms with E-state index < -0.39 is 0 Å². The topological polar surface area (TPSA) is 51.0 Å². The largest absolute Gasteiger partial charge is 0.454 e. The van der Waals surface area contributed by atoms with E-state index in [0.29, 0.717) is 6.79 Å². The Morgan fingerprint density at radius 2 is 1.62 bits per heavy atom. The molecule has 0 bridgehead atoms. The summed E-state index contributed by atoms with van der Waals surface area (Å²) >= 11 is 0. The van der Waals surface area contributed by atoms with Gasteiger partial charge in [0.2, 0.25) is 12.7 Å². The molecule has 0 saturated carbocycles. The first-order valence-electron chi connectivity index (χ1n) is 9.01. The highest BCUT2D eigenvalue weighted by atomic mass is 16.7. The lowest BCUT2D eigenvalue weighted by atomic mass is 10.1. The van der Waals surface area contributed by atoms with Crippen molar-refractivity contribution in [3.8, 4) is 11.5 Å². The summed E-state index contributed by atoms with van der Waals surface area (Å²) in [6, 6.07) is 14.1. The summed E-state index contributed by atoms with van der Waals surface area (Å²) in [5.41, 5.74) is 3.06. The van der Waals surface area contributed by atoms with Gasteiger partial charge in [-0.2, -0.15) is 0 Å². The van der Waals surface area contributed by atoms with Crippen LogP contribution in [0.15, 0.2) is 46.9 Å². The molecule has 6 nitrogen and oxygen atoms in total. The molecule has 3 aromatic rings. The van der Waals surface area contributed by atoms with Gasteiger partial charge in [0, 0.05) is 32.7 Å². The first-order valence-corrected chi connectivity index (χ1v) is 9.01. The van der Waals surface area contributed by atoms with Crippen LogP contribution in [0.2, 0.25) is 0 Å². The molecule has 26 heavy (non-hydrogen) atoms. The lowest BCUT2D eigenvalue weighted by molar-refractivity contribution is 0.115. The Balaban J connectivity index is 1.17. The summed E-state index contributed by atoms with van der Waals surface area (Å²) < 4.78 is 16.7. The van der Waals surface area contributed by atoms with Crippen molar-refractivity contribution >= 4 is 11.1 Å². The minimum absolute atomic E-state index is 0.327. The van der Waals surface area contributed by atoms with Crippen LogP contribution in [0.1, 0.15) is 11.5 Å². The number of piperazine rings is 1. The van der Waals surface area contributed by atoms with Crippen molar-refractivity contribution in [2.75, 3.05) is 33.0 Å². The third kappa shape index (κ3) is 3.13. The molecule has 2 aromatic carbocycles. The van der Waals surface area contributed by atoms with E-state index in [0.717, 1.165) is 67.8 Å². The highest BCUT2D eigenvalue weighted by molar-refractivity contribution is 5.72. The van der Waals surface area contributed by atoms with Crippen LogP contribution in [-0.4, -0.2) is 47.8 Å². The Morgan fingerprint density at radius 3 is 2.46 bits per heavy atom. The molecule has 1 fully saturated rings. The van der Waals surface area contributed by atoms with Gasteiger partial charge < -0.3 is 13.9 Å². The number of aromatic nitrogens is 1. The quantitative estimate of drug-likeness (QED) is 0.720. The SMILES string of the molecule is c1ccc2oc(CN3CCN(Cc4ccc5c(c4)OCO5)CC3)nc2c1. The standard InChI is InChI=1S/C20H21N3O3/c1-2-4-17-16(3-1)21-20(26-17)13-23-9-7-22(8-10-23)12-15-5-6-18-19(11-15)25-14-24-18/h1-6,11H,7-10,12-14H2. The second kappa shape index (κ2) is 6.63. The summed E-state index contributed by atoms with van der Waals surface area (Å²) in [6.45, 7) is 6.14. The summed E-state index contributed by atoms with van der Waals surface area (Å²) in [6.07, 6.45) is 0. The average molecular weight is 351 g/mol. The fourth-order valence-electron chi connectivity index (χ4n) is 3.58. The molecule has 0 spiro atoms. The lowest BCUT2D eigenvalue weighted by Gasteiger charge is -2.34. The Bertz CT molecular complexity index is 883. The van der Waals surface area contributed by atoms with E-state index in [1.54, 1.807) is 0 Å². The molecule has 0 aliphatic carbocycles. The third-order valence-electron chi connectivity index (χ3n) is 5.01. The van der Waals surface area contributed by atoms with Crippen LogP contribution in [-0.2, 0) is 13.1 Å². The summed E-state index contributed by atoms with van der Waals surface area (Å²) in [5.74, 6) is 2.50. The number of oxazole rings is 1. The number of para-hydroxylation sites is 2. The van der Waals surface area contributed by atoms with Gasteiger partial charge in [-0.3, -0.25) is 9.80 Å². The Hall–Kier alpha value is -2.57. The highest BCUT2D eigenvalue weighted by Crippen LogP contribution is 2.32. The van der Waals surface area contributed by atoms with Gasteiger partial charge in [0.1, 0.15) is 5.52 Å². The third-order valence-corrected chi connectivity index (χ3v) is 5.01. The minimum atomic E-state index is 0.327. The zero-order chi connectivity index (χ0) is 17.3. The minimum Gasteiger partial charge on any atom is -0.454 e. The molecular weight excluding hydrogens is 330 g/mol. The second-order valence-electron chi connectivity index (χ2n) is 6.82. The van der Waals surface area contributed by atoms with Crippen molar-refractivity contribution in [2.45, 2.75) is 13.1 Å². The summed E-state index contributed by atoms with van der Waals surface area (Å²) in [4.78, 5) is 9.46. The van der Waals surface area contributed by atoms with E-state index >= 15 is 0 Å². The molecule has 6 heteroatoms. The van der Waals surface area contributed by atoms with Gasteiger partial charge in [-0.05, 0) is 29.8 Å². The molecule has 0 N–H and O–H groups in total. The van der Waals surface area contributed by atoms with E-state index in [2.05, 4.69) is 26.9 Å². The molecule has 0 atom stereocenters. The highest BCUT2D eigenvalue weighted by Gasteiger charge is 2.20. The van der Waals surface area contributed by atoms with Gasteiger partial charge >= 0.3 is 0 Å². The van der Waals surface area contributed by atoms with Crippen LogP contribution in [0.5, 0.6) is 11.5 Å². The molecule has 1 aromatic heterocycles. The fourth-order valence-corrected chi connectivity index (χ4v) is 3.58. The molecule has 2 aliphatic heterocycles. The van der Waals surface area contributed by atoms with Crippen molar-refractivity contribution in [1.82, 2.24) is 14.8 Å². The summed E-state index contributed by atoms with van der Waals surface area (Å²) in [5, 5.41) is 0. The maximum atomic E-state index is 5.84. The molecule has 0 unspecified atom stereocenters. The summed E-state index contributed by atoms with van der Waals surface area (Å²) in [7, 11) is 0. The molecule has 134 valence electrons. The number of nitrogens with zero attached hydrogens (tertiary/aromatic N) is 3. The average Bonchev–Trinajstić information content (AvgIpc) is 3.29. The Morgan fingerprint density at radius 1 is 0.846 bits per heavy atom. The molecule has 0 radical (unpaired) electrons. The molecule has 1 saturated heterocycles. The molecule has 0 amide bonds. The van der Waals surface area contributed by atoms with E-state index in [-0.39, 0.29) is 0 Å². The predicted octanol–water partition coefficient (Wildman–Crippen LogP) is 2.87. The van der Waals surface area contributed by atoms with Crippen molar-refractivity contribution in [3.63, 3.8) is 0 Å². The number of ether oxygens (including phenoxy) is 2. The van der Waals surface area contributed by atoms with Crippen molar-refractivity contribution in [1.29, 1.82) is 0 Å². The smallest absolute Gasteiger partial charge is 0.231 e. The van der Waals surface area contributed by atoms with E-state index in [1.807, 2.05) is 30.3 Å². The first-order chi connectivity index (χ1) is 12.8. The van der Waals surface area contributed by atoms with Crippen molar-refractivity contribution in [3.05, 3.63) is 53.9 Å². The van der Waals surface area contributed by atoms with Gasteiger partial charge in [0.05, 0.1) is 6.54 Å². The number of hydrogen-bond donors (Lipinski definition) is 0. The zero-order valence-corrected chi connectivity index (χ0v) is 14.6. The number of benzene rings is 2. The lowest BCUT2D eigenvalue weighted by Crippen LogP contribution is -2.45. The fraction of sp³-hybridized carbons (Fsp3) is 0.350. The Labute approximate surface area is 151 Å². The van der Waals surface area contributed by atoms with Crippen molar-refractivity contribution < 1.29 is 13.9 Å². The first kappa shape index (κ1) is 15.7. The molecular formula is C20H21N3O3. The van der Waals surface area contributed by atoms with Crippen LogP contribution in [0, 0.1) is 0 Å². The number of fused-ring (bicyclic) bond motifs is 2. The number of rotatable bonds is 4. The molecule has 5 rings (SSSR count). The molecule has 2 aliphatic rings. The van der Waals surface area contributed by atoms with Crippen LogP contribution in [0.4, 0.5) is 0 Å². The van der Waals surface area contributed by atoms with E-state index in [1.165, 1.54) is 5.56 Å². The van der Waals surface area contributed by atoms with Crippen LogP contribution in [0.3, 0.4) is 0 Å². The van der Waals surface area contributed by atoms with Crippen LogP contribution in [0.25, 0.3) is 11.1 Å². The van der Waals surface area contributed by atoms with Gasteiger partial charge in [-0.1, -0.05) is 18.2 Å². The second-order valence-corrected chi connectivity index (χ2v) is 6.82. The molecule has 3 heterocycles. The van der Waals surface area contributed by atoms with Gasteiger partial charge in [0.25, 0.3) is 0 Å². The normalized spacial score (nSPS) is 17.8. The van der Waals surface area contributed by atoms with Gasteiger partial charge in [-0.25, -0.2) is 4.98 Å². The van der Waals surface area contributed by atoms with E-state index in [4.69, 9.17) is 13.9 Å². The predicted molar refractivity (Wildman–Crippen MR) is 97.1 cm³/mol. The van der Waals surface area contributed by atoms with Gasteiger partial charge in [0.15, 0.2) is 17.1 Å². The number of hydrogen-bond acceptors (Lipinski definition) is 6. The van der Waals surface area contributed by atoms with Crippen molar-refractivity contribution in [2.24, 2.45) is 0 Å². The maximum Gasteiger partial charge on any atom is 0.231 e. The zero-order valence-electron chi connectivity index (χ0n) is 14.6. The Kier molecular flexibility index (Phi) is 3.99. The van der Waals surface area contributed by atoms with E-state index in [9.17, 15) is 0 Å². The maximum absolute atomic E-state index is 5.84. The van der Waals surface area contributed by atoms with Crippen LogP contribution >= 0.6 is 0 Å².